The summed E-state index contributed by atoms with van der Waals surface area (Å²) in [5, 5.41) is 18.6. The molecule has 2 nitrogen and oxygen atoms in total. The molecule has 14 heavy (non-hydrogen) atoms. The summed E-state index contributed by atoms with van der Waals surface area (Å²) in [6.45, 7) is 0. The molecule has 78 valence electrons. The van der Waals surface area contributed by atoms with Crippen molar-refractivity contribution in [3.8, 4) is 0 Å². The van der Waals surface area contributed by atoms with Gasteiger partial charge >= 0.3 is 0 Å². The maximum atomic E-state index is 12.5. The van der Waals surface area contributed by atoms with Gasteiger partial charge in [-0.05, 0) is 17.7 Å². The van der Waals surface area contributed by atoms with Gasteiger partial charge in [0.25, 0.3) is 0 Å². The first-order valence-electron chi connectivity index (χ1n) is 4.30. The molecule has 1 aromatic carbocycles. The molecule has 0 saturated heterocycles. The second-order valence-electron chi connectivity index (χ2n) is 3.12. The Morgan fingerprint density at radius 1 is 1.14 bits per heavy atom. The Morgan fingerprint density at radius 2 is 1.71 bits per heavy atom. The van der Waals surface area contributed by atoms with E-state index in [0.717, 1.165) is 5.56 Å². The number of aliphatic hydroxyl groups excluding tert-OH is 2. The fourth-order valence-electron chi connectivity index (χ4n) is 1.10. The molecule has 0 heterocycles. The van der Waals surface area contributed by atoms with Gasteiger partial charge in [-0.1, -0.05) is 12.1 Å². The number of aliphatic hydroxyl groups is 2. The third kappa shape index (κ3) is 3.25. The number of rotatable bonds is 4. The third-order valence-electron chi connectivity index (χ3n) is 1.96. The van der Waals surface area contributed by atoms with Gasteiger partial charge in [0.15, 0.2) is 0 Å². The van der Waals surface area contributed by atoms with Crippen LogP contribution >= 0.6 is 11.6 Å². The first kappa shape index (κ1) is 11.4. The second-order valence-corrected chi connectivity index (χ2v) is 3.43. The van der Waals surface area contributed by atoms with E-state index in [0.29, 0.717) is 0 Å². The Bertz CT molecular complexity index is 276. The molecule has 1 aromatic rings. The Hall–Kier alpha value is -0.640. The average molecular weight is 219 g/mol. The van der Waals surface area contributed by atoms with Crippen LogP contribution in [0.15, 0.2) is 24.3 Å². The molecule has 0 saturated carbocycles. The van der Waals surface area contributed by atoms with Crippen molar-refractivity contribution in [3.05, 3.63) is 35.6 Å². The lowest BCUT2D eigenvalue weighted by Gasteiger charge is -2.14. The standard InChI is InChI=1S/C10H12ClFO2/c11-6-10(14)9(13)5-7-1-3-8(12)4-2-7/h1-4,9-10,13-14H,5-6H2. The third-order valence-corrected chi connectivity index (χ3v) is 2.28. The van der Waals surface area contributed by atoms with Crippen LogP contribution in [0.3, 0.4) is 0 Å². The van der Waals surface area contributed by atoms with Crippen molar-refractivity contribution >= 4 is 11.6 Å². The highest BCUT2D eigenvalue weighted by molar-refractivity contribution is 6.18. The molecular weight excluding hydrogens is 207 g/mol. The molecule has 0 radical (unpaired) electrons. The minimum atomic E-state index is -0.943. The van der Waals surface area contributed by atoms with E-state index in [-0.39, 0.29) is 18.1 Å². The molecular formula is C10H12ClFO2. The predicted octanol–water partition coefficient (Wildman–Crippen LogP) is 1.33. The molecule has 0 amide bonds. The van der Waals surface area contributed by atoms with Crippen LogP contribution in [-0.4, -0.2) is 28.3 Å². The van der Waals surface area contributed by atoms with Crippen molar-refractivity contribution in [3.63, 3.8) is 0 Å². The van der Waals surface area contributed by atoms with Crippen LogP contribution in [0, 0.1) is 5.82 Å². The zero-order valence-electron chi connectivity index (χ0n) is 7.53. The van der Waals surface area contributed by atoms with Crippen LogP contribution in [0.1, 0.15) is 5.56 Å². The number of alkyl halides is 1. The summed E-state index contributed by atoms with van der Waals surface area (Å²) in [5.41, 5.74) is 0.767. The lowest BCUT2D eigenvalue weighted by molar-refractivity contribution is 0.0341. The second kappa shape index (κ2) is 5.29. The first-order chi connectivity index (χ1) is 6.63. The highest BCUT2D eigenvalue weighted by Gasteiger charge is 2.15. The summed E-state index contributed by atoms with van der Waals surface area (Å²) >= 11 is 5.37. The summed E-state index contributed by atoms with van der Waals surface area (Å²) < 4.78 is 12.5. The lowest BCUT2D eigenvalue weighted by Crippen LogP contribution is -2.29. The molecule has 2 N–H and O–H groups in total. The molecule has 0 aliphatic rings. The molecule has 0 bridgehead atoms. The van der Waals surface area contributed by atoms with E-state index in [1.54, 1.807) is 12.1 Å². The fraction of sp³-hybridized carbons (Fsp3) is 0.400. The van der Waals surface area contributed by atoms with Gasteiger partial charge < -0.3 is 10.2 Å². The quantitative estimate of drug-likeness (QED) is 0.749. The summed E-state index contributed by atoms with van der Waals surface area (Å²) in [6, 6.07) is 5.77. The first-order valence-corrected chi connectivity index (χ1v) is 4.83. The minimum Gasteiger partial charge on any atom is -0.390 e. The highest BCUT2D eigenvalue weighted by Crippen LogP contribution is 2.08. The Morgan fingerprint density at radius 3 is 2.21 bits per heavy atom. The van der Waals surface area contributed by atoms with E-state index in [9.17, 15) is 14.6 Å². The molecule has 2 unspecified atom stereocenters. The monoisotopic (exact) mass is 218 g/mol. The maximum absolute atomic E-state index is 12.5. The minimum absolute atomic E-state index is 0.0115. The van der Waals surface area contributed by atoms with Crippen LogP contribution < -0.4 is 0 Å². The fourth-order valence-corrected chi connectivity index (χ4v) is 1.31. The van der Waals surface area contributed by atoms with Crippen molar-refractivity contribution in [1.29, 1.82) is 0 Å². The van der Waals surface area contributed by atoms with E-state index in [1.807, 2.05) is 0 Å². The topological polar surface area (TPSA) is 40.5 Å². The van der Waals surface area contributed by atoms with Crippen molar-refractivity contribution in [2.75, 3.05) is 5.88 Å². The summed E-state index contributed by atoms with van der Waals surface area (Å²) in [6.07, 6.45) is -1.58. The van der Waals surface area contributed by atoms with Crippen molar-refractivity contribution in [1.82, 2.24) is 0 Å². The number of halogens is 2. The van der Waals surface area contributed by atoms with Crippen LogP contribution in [0.4, 0.5) is 4.39 Å². The molecule has 0 aliphatic heterocycles. The zero-order valence-corrected chi connectivity index (χ0v) is 8.28. The molecule has 0 aromatic heterocycles. The van der Waals surface area contributed by atoms with E-state index in [2.05, 4.69) is 0 Å². The Balaban J connectivity index is 2.56. The molecule has 0 aliphatic carbocycles. The Labute approximate surface area is 86.9 Å². The number of benzene rings is 1. The maximum Gasteiger partial charge on any atom is 0.123 e. The van der Waals surface area contributed by atoms with Gasteiger partial charge in [0, 0.05) is 6.42 Å². The zero-order chi connectivity index (χ0) is 10.6. The summed E-state index contributed by atoms with van der Waals surface area (Å²) in [7, 11) is 0. The van der Waals surface area contributed by atoms with E-state index in [1.165, 1.54) is 12.1 Å². The van der Waals surface area contributed by atoms with E-state index in [4.69, 9.17) is 11.6 Å². The average Bonchev–Trinajstić information content (AvgIpc) is 2.20. The van der Waals surface area contributed by atoms with Crippen molar-refractivity contribution in [2.24, 2.45) is 0 Å². The summed E-state index contributed by atoms with van der Waals surface area (Å²) in [4.78, 5) is 0. The van der Waals surface area contributed by atoms with Crippen LogP contribution in [0.25, 0.3) is 0 Å². The summed E-state index contributed by atoms with van der Waals surface area (Å²) in [5.74, 6) is -0.330. The highest BCUT2D eigenvalue weighted by atomic mass is 35.5. The normalized spacial score (nSPS) is 15.1. The van der Waals surface area contributed by atoms with Gasteiger partial charge in [0.2, 0.25) is 0 Å². The predicted molar refractivity (Wildman–Crippen MR) is 52.8 cm³/mol. The largest absolute Gasteiger partial charge is 0.390 e. The van der Waals surface area contributed by atoms with Gasteiger partial charge in [-0.25, -0.2) is 4.39 Å². The van der Waals surface area contributed by atoms with Crippen molar-refractivity contribution in [2.45, 2.75) is 18.6 Å². The lowest BCUT2D eigenvalue weighted by atomic mass is 10.0. The van der Waals surface area contributed by atoms with Gasteiger partial charge in [-0.3, -0.25) is 0 Å². The van der Waals surface area contributed by atoms with Crippen LogP contribution in [-0.2, 0) is 6.42 Å². The smallest absolute Gasteiger partial charge is 0.123 e. The Kier molecular flexibility index (Phi) is 4.32. The van der Waals surface area contributed by atoms with Gasteiger partial charge in [-0.15, -0.1) is 11.6 Å². The van der Waals surface area contributed by atoms with Gasteiger partial charge in [0.1, 0.15) is 5.82 Å². The molecule has 2 atom stereocenters. The molecule has 0 spiro atoms. The van der Waals surface area contributed by atoms with Gasteiger partial charge in [0.05, 0.1) is 18.1 Å². The van der Waals surface area contributed by atoms with Crippen molar-refractivity contribution < 1.29 is 14.6 Å². The molecule has 0 fully saturated rings. The van der Waals surface area contributed by atoms with E-state index >= 15 is 0 Å². The SMILES string of the molecule is OC(CCl)C(O)Cc1ccc(F)cc1. The molecule has 1 rings (SSSR count). The van der Waals surface area contributed by atoms with Crippen LogP contribution in [0.2, 0.25) is 0 Å². The molecule has 4 heteroatoms. The van der Waals surface area contributed by atoms with Crippen LogP contribution in [0.5, 0.6) is 0 Å². The number of hydrogen-bond acceptors (Lipinski definition) is 2. The van der Waals surface area contributed by atoms with Gasteiger partial charge in [-0.2, -0.15) is 0 Å². The van der Waals surface area contributed by atoms with E-state index < -0.39 is 12.2 Å². The number of hydrogen-bond donors (Lipinski definition) is 2.